The SMILES string of the molecule is CCc1ccc(S(=O)(=O)NCCNC(=O)Cc2ccc(F)cc2)cc1. The Morgan fingerprint density at radius 2 is 1.56 bits per heavy atom. The molecule has 0 aromatic heterocycles. The van der Waals surface area contributed by atoms with Crippen molar-refractivity contribution < 1.29 is 17.6 Å². The van der Waals surface area contributed by atoms with E-state index in [1.165, 1.54) is 24.3 Å². The van der Waals surface area contributed by atoms with Crippen LogP contribution in [-0.4, -0.2) is 27.4 Å². The number of carbonyl (C=O) groups is 1. The van der Waals surface area contributed by atoms with Gasteiger partial charge in [0.15, 0.2) is 0 Å². The van der Waals surface area contributed by atoms with Gasteiger partial charge in [-0.15, -0.1) is 0 Å². The molecule has 0 fully saturated rings. The molecule has 2 rings (SSSR count). The summed E-state index contributed by atoms with van der Waals surface area (Å²) in [6.45, 7) is 2.26. The third-order valence-electron chi connectivity index (χ3n) is 3.66. The Bertz CT molecular complexity index is 803. The molecule has 0 spiro atoms. The number of aryl methyl sites for hydroxylation is 1. The molecule has 1 amide bonds. The van der Waals surface area contributed by atoms with E-state index in [9.17, 15) is 17.6 Å². The summed E-state index contributed by atoms with van der Waals surface area (Å²) >= 11 is 0. The molecule has 0 saturated heterocycles. The predicted molar refractivity (Wildman–Crippen MR) is 94.1 cm³/mol. The number of benzene rings is 2. The minimum absolute atomic E-state index is 0.0903. The van der Waals surface area contributed by atoms with Gasteiger partial charge < -0.3 is 5.32 Å². The summed E-state index contributed by atoms with van der Waals surface area (Å²) in [5.41, 5.74) is 1.75. The van der Waals surface area contributed by atoms with Crippen molar-refractivity contribution >= 4 is 15.9 Å². The summed E-state index contributed by atoms with van der Waals surface area (Å²) in [5, 5.41) is 2.63. The lowest BCUT2D eigenvalue weighted by Gasteiger charge is -2.09. The van der Waals surface area contributed by atoms with Crippen molar-refractivity contribution in [2.75, 3.05) is 13.1 Å². The third-order valence-corrected chi connectivity index (χ3v) is 5.14. The Kier molecular flexibility index (Phi) is 6.66. The number of sulfonamides is 1. The average Bonchev–Trinajstić information content (AvgIpc) is 2.61. The van der Waals surface area contributed by atoms with Crippen LogP contribution in [0.3, 0.4) is 0 Å². The number of amides is 1. The molecule has 0 saturated carbocycles. The number of nitrogens with one attached hydrogen (secondary N) is 2. The molecular weight excluding hydrogens is 343 g/mol. The Hall–Kier alpha value is -2.25. The number of hydrogen-bond acceptors (Lipinski definition) is 3. The maximum atomic E-state index is 12.8. The van der Waals surface area contributed by atoms with Gasteiger partial charge in [-0.2, -0.15) is 0 Å². The van der Waals surface area contributed by atoms with Gasteiger partial charge in [-0.3, -0.25) is 4.79 Å². The highest BCUT2D eigenvalue weighted by Gasteiger charge is 2.13. The lowest BCUT2D eigenvalue weighted by Crippen LogP contribution is -2.35. The van der Waals surface area contributed by atoms with Crippen LogP contribution >= 0.6 is 0 Å². The third kappa shape index (κ3) is 5.95. The van der Waals surface area contributed by atoms with Crippen LogP contribution in [0.2, 0.25) is 0 Å². The largest absolute Gasteiger partial charge is 0.355 e. The fourth-order valence-electron chi connectivity index (χ4n) is 2.23. The molecule has 2 aromatic carbocycles. The molecule has 2 N–H and O–H groups in total. The van der Waals surface area contributed by atoms with Gasteiger partial charge in [-0.05, 0) is 41.8 Å². The van der Waals surface area contributed by atoms with Crippen LogP contribution in [0.25, 0.3) is 0 Å². The van der Waals surface area contributed by atoms with Crippen LogP contribution in [0.1, 0.15) is 18.1 Å². The molecule has 0 radical (unpaired) electrons. The summed E-state index contributed by atoms with van der Waals surface area (Å²) in [6.07, 6.45) is 0.958. The van der Waals surface area contributed by atoms with E-state index >= 15 is 0 Å². The zero-order valence-corrected chi connectivity index (χ0v) is 14.8. The Balaban J connectivity index is 1.77. The maximum absolute atomic E-state index is 12.8. The van der Waals surface area contributed by atoms with Crippen LogP contribution in [0.4, 0.5) is 4.39 Å². The molecule has 0 bridgehead atoms. The highest BCUT2D eigenvalue weighted by atomic mass is 32.2. The number of carbonyl (C=O) groups excluding carboxylic acids is 1. The summed E-state index contributed by atoms with van der Waals surface area (Å²) in [7, 11) is -3.59. The monoisotopic (exact) mass is 364 g/mol. The molecule has 5 nitrogen and oxygen atoms in total. The lowest BCUT2D eigenvalue weighted by atomic mass is 10.1. The van der Waals surface area contributed by atoms with E-state index in [4.69, 9.17) is 0 Å². The molecule has 0 aliphatic heterocycles. The second-order valence-electron chi connectivity index (χ2n) is 5.55. The van der Waals surface area contributed by atoms with Crippen LogP contribution in [-0.2, 0) is 27.7 Å². The van der Waals surface area contributed by atoms with E-state index in [1.54, 1.807) is 24.3 Å². The standard InChI is InChI=1S/C18H21FN2O3S/c1-2-14-5-9-17(10-6-14)25(23,24)21-12-11-20-18(22)13-15-3-7-16(19)8-4-15/h3-10,21H,2,11-13H2,1H3,(H,20,22). The van der Waals surface area contributed by atoms with E-state index in [0.717, 1.165) is 12.0 Å². The van der Waals surface area contributed by atoms with E-state index in [0.29, 0.717) is 5.56 Å². The Morgan fingerprint density at radius 3 is 2.16 bits per heavy atom. The molecule has 0 atom stereocenters. The number of halogens is 1. The van der Waals surface area contributed by atoms with Gasteiger partial charge in [0.1, 0.15) is 5.82 Å². The van der Waals surface area contributed by atoms with Crippen LogP contribution in [0, 0.1) is 5.82 Å². The van der Waals surface area contributed by atoms with Gasteiger partial charge in [0, 0.05) is 13.1 Å². The number of rotatable bonds is 8. The van der Waals surface area contributed by atoms with Crippen LogP contribution < -0.4 is 10.0 Å². The summed E-state index contributed by atoms with van der Waals surface area (Å²) in [4.78, 5) is 12.0. The molecule has 134 valence electrons. The second kappa shape index (κ2) is 8.73. The minimum Gasteiger partial charge on any atom is -0.355 e. The Labute approximate surface area is 147 Å². The van der Waals surface area contributed by atoms with Gasteiger partial charge in [0.25, 0.3) is 0 Å². The summed E-state index contributed by atoms with van der Waals surface area (Å²) in [6, 6.07) is 12.3. The highest BCUT2D eigenvalue weighted by Crippen LogP contribution is 2.10. The van der Waals surface area contributed by atoms with Crippen molar-refractivity contribution in [2.45, 2.75) is 24.7 Å². The van der Waals surface area contributed by atoms with Crippen LogP contribution in [0.15, 0.2) is 53.4 Å². The normalized spacial score (nSPS) is 11.3. The van der Waals surface area contributed by atoms with Gasteiger partial charge in [0.05, 0.1) is 11.3 Å². The van der Waals surface area contributed by atoms with Crippen molar-refractivity contribution in [1.82, 2.24) is 10.0 Å². The first-order valence-corrected chi connectivity index (χ1v) is 9.49. The molecular formula is C18H21FN2O3S. The smallest absolute Gasteiger partial charge is 0.240 e. The van der Waals surface area contributed by atoms with E-state index in [-0.39, 0.29) is 36.1 Å². The summed E-state index contributed by atoms with van der Waals surface area (Å²) < 4.78 is 39.5. The zero-order valence-electron chi connectivity index (χ0n) is 14.0. The van der Waals surface area contributed by atoms with Gasteiger partial charge >= 0.3 is 0 Å². The summed E-state index contributed by atoms with van der Waals surface area (Å²) in [5.74, 6) is -0.608. The van der Waals surface area contributed by atoms with E-state index in [1.807, 2.05) is 6.92 Å². The molecule has 0 aliphatic carbocycles. The van der Waals surface area contributed by atoms with Crippen molar-refractivity contribution in [2.24, 2.45) is 0 Å². The molecule has 0 unspecified atom stereocenters. The van der Waals surface area contributed by atoms with Crippen LogP contribution in [0.5, 0.6) is 0 Å². The molecule has 0 heterocycles. The first-order valence-electron chi connectivity index (χ1n) is 8.00. The van der Waals surface area contributed by atoms with E-state index in [2.05, 4.69) is 10.0 Å². The Morgan fingerprint density at radius 1 is 0.960 bits per heavy atom. The first kappa shape index (κ1) is 19.1. The second-order valence-corrected chi connectivity index (χ2v) is 7.32. The van der Waals surface area contributed by atoms with Gasteiger partial charge in [-0.1, -0.05) is 31.2 Å². The fourth-order valence-corrected chi connectivity index (χ4v) is 3.26. The van der Waals surface area contributed by atoms with Gasteiger partial charge in [-0.25, -0.2) is 17.5 Å². The average molecular weight is 364 g/mol. The van der Waals surface area contributed by atoms with Crippen molar-refractivity contribution in [3.63, 3.8) is 0 Å². The van der Waals surface area contributed by atoms with Crippen molar-refractivity contribution in [3.8, 4) is 0 Å². The van der Waals surface area contributed by atoms with Crippen molar-refractivity contribution in [1.29, 1.82) is 0 Å². The topological polar surface area (TPSA) is 75.3 Å². The van der Waals surface area contributed by atoms with Gasteiger partial charge in [0.2, 0.25) is 15.9 Å². The fraction of sp³-hybridized carbons (Fsp3) is 0.278. The van der Waals surface area contributed by atoms with E-state index < -0.39 is 10.0 Å². The van der Waals surface area contributed by atoms with Crippen molar-refractivity contribution in [3.05, 3.63) is 65.5 Å². The minimum atomic E-state index is -3.59. The predicted octanol–water partition coefficient (Wildman–Crippen LogP) is 2.03. The molecule has 25 heavy (non-hydrogen) atoms. The lowest BCUT2D eigenvalue weighted by molar-refractivity contribution is -0.120. The quantitative estimate of drug-likeness (QED) is 0.704. The molecule has 7 heteroatoms. The maximum Gasteiger partial charge on any atom is 0.240 e. The molecule has 2 aromatic rings. The highest BCUT2D eigenvalue weighted by molar-refractivity contribution is 7.89. The molecule has 0 aliphatic rings. The zero-order chi connectivity index (χ0) is 18.3. The number of hydrogen-bond donors (Lipinski definition) is 2. The first-order chi connectivity index (χ1) is 11.9.